The Hall–Kier alpha value is -0.330. The lowest BCUT2D eigenvalue weighted by Crippen LogP contribution is -2.34. The molecule has 0 aromatic carbocycles. The molecule has 0 heterocycles. The second-order valence-electron chi connectivity index (χ2n) is 3.50. The van der Waals surface area contributed by atoms with Crippen LogP contribution in [0.15, 0.2) is 0 Å². The average Bonchev–Trinajstić information content (AvgIpc) is 2.07. The molecule has 2 rings (SSSR count). The molecule has 0 spiro atoms. The molecule has 0 radical (unpaired) electrons. The zero-order valence-electron chi connectivity index (χ0n) is 5.76. The highest BCUT2D eigenvalue weighted by Crippen LogP contribution is 2.47. The summed E-state index contributed by atoms with van der Waals surface area (Å²) < 4.78 is 0. The van der Waals surface area contributed by atoms with E-state index >= 15 is 0 Å². The fourth-order valence-electron chi connectivity index (χ4n) is 2.23. The van der Waals surface area contributed by atoms with Crippen molar-refractivity contribution in [3.05, 3.63) is 0 Å². The second kappa shape index (κ2) is 1.59. The molecule has 1 nitrogen and oxygen atoms in total. The van der Waals surface area contributed by atoms with Gasteiger partial charge in [0.2, 0.25) is 0 Å². The van der Waals surface area contributed by atoms with Crippen LogP contribution >= 0.6 is 0 Å². The summed E-state index contributed by atoms with van der Waals surface area (Å²) in [6.45, 7) is 2.27. The Bertz CT molecular complexity index is 151. The topological polar surface area (TPSA) is 17.1 Å². The van der Waals surface area contributed by atoms with Crippen LogP contribution in [0.1, 0.15) is 26.2 Å². The molecule has 0 unspecified atom stereocenters. The van der Waals surface area contributed by atoms with E-state index in [0.29, 0.717) is 11.7 Å². The molecular formula is C8H12O. The van der Waals surface area contributed by atoms with Gasteiger partial charge in [0.05, 0.1) is 0 Å². The van der Waals surface area contributed by atoms with E-state index in [2.05, 4.69) is 6.92 Å². The Morgan fingerprint density at radius 2 is 2.22 bits per heavy atom. The molecule has 0 aromatic rings. The largest absolute Gasteiger partial charge is 0.299 e. The second-order valence-corrected chi connectivity index (χ2v) is 3.50. The Kier molecular flexibility index (Phi) is 0.961. The van der Waals surface area contributed by atoms with Crippen molar-refractivity contribution in [2.45, 2.75) is 26.2 Å². The van der Waals surface area contributed by atoms with Gasteiger partial charge in [-0.2, -0.15) is 0 Å². The van der Waals surface area contributed by atoms with Gasteiger partial charge in [-0.3, -0.25) is 4.79 Å². The monoisotopic (exact) mass is 124 g/mol. The molecule has 2 saturated carbocycles. The summed E-state index contributed by atoms with van der Waals surface area (Å²) in [5, 5.41) is 0. The van der Waals surface area contributed by atoms with Gasteiger partial charge in [0.25, 0.3) is 0 Å². The maximum atomic E-state index is 10.9. The van der Waals surface area contributed by atoms with Crippen molar-refractivity contribution in [3.63, 3.8) is 0 Å². The van der Waals surface area contributed by atoms with E-state index in [1.165, 1.54) is 12.8 Å². The maximum absolute atomic E-state index is 10.9. The van der Waals surface area contributed by atoms with Gasteiger partial charge in [0, 0.05) is 12.3 Å². The van der Waals surface area contributed by atoms with Gasteiger partial charge in [-0.05, 0) is 24.7 Å². The molecule has 1 heteroatoms. The molecule has 50 valence electrons. The lowest BCUT2D eigenvalue weighted by Gasteiger charge is -2.30. The maximum Gasteiger partial charge on any atom is 0.136 e. The van der Waals surface area contributed by atoms with Crippen LogP contribution in [0.5, 0.6) is 0 Å². The first-order valence-corrected chi connectivity index (χ1v) is 3.82. The van der Waals surface area contributed by atoms with Crippen molar-refractivity contribution >= 4 is 5.78 Å². The summed E-state index contributed by atoms with van der Waals surface area (Å²) in [6.07, 6.45) is 3.37. The molecule has 9 heavy (non-hydrogen) atoms. The van der Waals surface area contributed by atoms with Crippen molar-refractivity contribution < 1.29 is 4.79 Å². The third-order valence-electron chi connectivity index (χ3n) is 3.03. The predicted molar refractivity (Wildman–Crippen MR) is 35.0 cm³/mol. The van der Waals surface area contributed by atoms with Gasteiger partial charge in [-0.25, -0.2) is 0 Å². The fourth-order valence-corrected chi connectivity index (χ4v) is 2.23. The molecule has 0 amide bonds. The van der Waals surface area contributed by atoms with E-state index in [0.717, 1.165) is 18.3 Å². The summed E-state index contributed by atoms with van der Waals surface area (Å²) in [7, 11) is 0. The lowest BCUT2D eigenvalue weighted by molar-refractivity contribution is -0.133. The Labute approximate surface area is 55.4 Å². The van der Waals surface area contributed by atoms with Crippen LogP contribution in [0, 0.1) is 17.8 Å². The molecule has 0 bridgehead atoms. The summed E-state index contributed by atoms with van der Waals surface area (Å²) >= 11 is 0. The number of Topliss-reactive ketones (excluding diaryl/α,β-unsaturated/α-hetero) is 1. The van der Waals surface area contributed by atoms with Crippen LogP contribution in [0.3, 0.4) is 0 Å². The first kappa shape index (κ1) is 5.45. The van der Waals surface area contributed by atoms with Crippen molar-refractivity contribution in [3.8, 4) is 0 Å². The van der Waals surface area contributed by atoms with Crippen molar-refractivity contribution in [1.29, 1.82) is 0 Å². The van der Waals surface area contributed by atoms with E-state index in [9.17, 15) is 4.79 Å². The van der Waals surface area contributed by atoms with Gasteiger partial charge in [-0.15, -0.1) is 0 Å². The highest BCUT2D eigenvalue weighted by Gasteiger charge is 2.46. The van der Waals surface area contributed by atoms with Crippen LogP contribution in [0.2, 0.25) is 0 Å². The molecule has 0 aromatic heterocycles. The standard InChI is InChI=1S/C8H12O/c1-5-2-3-6-7(5)4-8(6)9/h5-7H,2-4H2,1H3/t5-,6+,7-/m1/s1. The summed E-state index contributed by atoms with van der Waals surface area (Å²) in [5.41, 5.74) is 0. The van der Waals surface area contributed by atoms with Gasteiger partial charge >= 0.3 is 0 Å². The highest BCUT2D eigenvalue weighted by atomic mass is 16.1. The van der Waals surface area contributed by atoms with Crippen LogP contribution in [0.25, 0.3) is 0 Å². The fraction of sp³-hybridized carbons (Fsp3) is 0.875. The first-order valence-electron chi connectivity index (χ1n) is 3.82. The van der Waals surface area contributed by atoms with E-state index < -0.39 is 0 Å². The molecule has 0 saturated heterocycles. The van der Waals surface area contributed by atoms with Gasteiger partial charge in [0.1, 0.15) is 5.78 Å². The Morgan fingerprint density at radius 3 is 2.67 bits per heavy atom. The highest BCUT2D eigenvalue weighted by molar-refractivity contribution is 5.87. The normalized spacial score (nSPS) is 48.6. The van der Waals surface area contributed by atoms with E-state index in [1.807, 2.05) is 0 Å². The summed E-state index contributed by atoms with van der Waals surface area (Å²) in [6, 6.07) is 0. The van der Waals surface area contributed by atoms with E-state index in [1.54, 1.807) is 0 Å². The number of ketones is 1. The number of carbonyl (C=O) groups excluding carboxylic acids is 1. The zero-order valence-corrected chi connectivity index (χ0v) is 5.76. The van der Waals surface area contributed by atoms with Crippen molar-refractivity contribution in [1.82, 2.24) is 0 Å². The quantitative estimate of drug-likeness (QED) is 0.479. The summed E-state index contributed by atoms with van der Waals surface area (Å²) in [5.74, 6) is 2.66. The van der Waals surface area contributed by atoms with Crippen molar-refractivity contribution in [2.24, 2.45) is 17.8 Å². The Balaban J connectivity index is 2.11. The third-order valence-corrected chi connectivity index (χ3v) is 3.03. The van der Waals surface area contributed by atoms with E-state index in [4.69, 9.17) is 0 Å². The van der Waals surface area contributed by atoms with Gasteiger partial charge < -0.3 is 0 Å². The minimum atomic E-state index is 0.500. The molecule has 2 fully saturated rings. The van der Waals surface area contributed by atoms with Crippen LogP contribution in [0.4, 0.5) is 0 Å². The minimum Gasteiger partial charge on any atom is -0.299 e. The third kappa shape index (κ3) is 0.577. The van der Waals surface area contributed by atoms with Crippen LogP contribution in [-0.4, -0.2) is 5.78 Å². The molecule has 0 N–H and O–H groups in total. The molecule has 0 aliphatic heterocycles. The minimum absolute atomic E-state index is 0.500. The average molecular weight is 124 g/mol. The summed E-state index contributed by atoms with van der Waals surface area (Å²) in [4.78, 5) is 10.9. The zero-order chi connectivity index (χ0) is 6.43. The van der Waals surface area contributed by atoms with Crippen molar-refractivity contribution in [2.75, 3.05) is 0 Å². The number of rotatable bonds is 0. The number of hydrogen-bond acceptors (Lipinski definition) is 1. The van der Waals surface area contributed by atoms with Crippen LogP contribution in [-0.2, 0) is 4.79 Å². The first-order chi connectivity index (χ1) is 4.29. The molecular weight excluding hydrogens is 112 g/mol. The lowest BCUT2D eigenvalue weighted by atomic mass is 9.72. The Morgan fingerprint density at radius 1 is 1.44 bits per heavy atom. The number of fused-ring (bicyclic) bond motifs is 1. The number of hydrogen-bond donors (Lipinski definition) is 0. The predicted octanol–water partition coefficient (Wildman–Crippen LogP) is 1.62. The molecule has 2 aliphatic carbocycles. The van der Waals surface area contributed by atoms with E-state index in [-0.39, 0.29) is 0 Å². The SMILES string of the molecule is C[C@@H]1CC[C@@H]2C(=O)C[C@H]12. The molecule has 2 aliphatic rings. The van der Waals surface area contributed by atoms with Crippen LogP contribution < -0.4 is 0 Å². The molecule has 3 atom stereocenters. The number of carbonyl (C=O) groups is 1. The smallest absolute Gasteiger partial charge is 0.136 e. The van der Waals surface area contributed by atoms with Gasteiger partial charge in [0.15, 0.2) is 0 Å². The van der Waals surface area contributed by atoms with Gasteiger partial charge in [-0.1, -0.05) is 6.92 Å².